The molecule has 0 radical (unpaired) electrons. The van der Waals surface area contributed by atoms with Gasteiger partial charge in [-0.1, -0.05) is 0 Å². The Kier molecular flexibility index (Phi) is 3.48. The lowest BCUT2D eigenvalue weighted by molar-refractivity contribution is 0.209. The number of carbonyl (C=O) groups is 1. The minimum absolute atomic E-state index is 0.244. The molecule has 1 amide bonds. The molecule has 0 saturated heterocycles. The third kappa shape index (κ3) is 2.53. The summed E-state index contributed by atoms with van der Waals surface area (Å²) in [4.78, 5) is 10.3. The van der Waals surface area contributed by atoms with Crippen LogP contribution in [0.25, 0.3) is 0 Å². The van der Waals surface area contributed by atoms with E-state index in [1.54, 1.807) is 22.6 Å². The van der Waals surface area contributed by atoms with Crippen molar-refractivity contribution in [1.82, 2.24) is 0 Å². The third-order valence-corrected chi connectivity index (χ3v) is 2.94. The second kappa shape index (κ2) is 4.23. The van der Waals surface area contributed by atoms with E-state index >= 15 is 0 Å². The highest BCUT2D eigenvalue weighted by molar-refractivity contribution is 14.1. The van der Waals surface area contributed by atoms with E-state index in [0.29, 0.717) is 4.47 Å². The SMILES string of the molecule is O=C(O)Nc1ccc(Br)c(F)c1I. The van der Waals surface area contributed by atoms with Gasteiger partial charge < -0.3 is 5.11 Å². The Labute approximate surface area is 95.6 Å². The summed E-state index contributed by atoms with van der Waals surface area (Å²) in [6.45, 7) is 0. The molecule has 3 nitrogen and oxygen atoms in total. The monoisotopic (exact) mass is 359 g/mol. The van der Waals surface area contributed by atoms with Crippen molar-refractivity contribution < 1.29 is 14.3 Å². The fraction of sp³-hybridized carbons (Fsp3) is 0. The number of amides is 1. The highest BCUT2D eigenvalue weighted by atomic mass is 127. The lowest BCUT2D eigenvalue weighted by atomic mass is 10.3. The Balaban J connectivity index is 3.10. The molecule has 1 aromatic rings. The number of carboxylic acid groups (broad SMARTS) is 1. The van der Waals surface area contributed by atoms with Crippen LogP contribution < -0.4 is 5.32 Å². The molecule has 2 N–H and O–H groups in total. The minimum Gasteiger partial charge on any atom is -0.465 e. The second-order valence-electron chi connectivity index (χ2n) is 2.15. The molecule has 0 aliphatic rings. The molecule has 0 bridgehead atoms. The van der Waals surface area contributed by atoms with E-state index in [-0.39, 0.29) is 9.26 Å². The van der Waals surface area contributed by atoms with E-state index in [2.05, 4.69) is 21.2 Å². The van der Waals surface area contributed by atoms with Crippen LogP contribution in [-0.2, 0) is 0 Å². The second-order valence-corrected chi connectivity index (χ2v) is 4.09. The summed E-state index contributed by atoms with van der Waals surface area (Å²) < 4.78 is 13.7. The molecular formula is C7H4BrFINO2. The van der Waals surface area contributed by atoms with Crippen LogP contribution in [-0.4, -0.2) is 11.2 Å². The summed E-state index contributed by atoms with van der Waals surface area (Å²) in [5, 5.41) is 10.5. The van der Waals surface area contributed by atoms with Crippen LogP contribution in [0.15, 0.2) is 16.6 Å². The van der Waals surface area contributed by atoms with Gasteiger partial charge in [0, 0.05) is 0 Å². The number of hydrogen-bond donors (Lipinski definition) is 2. The van der Waals surface area contributed by atoms with Gasteiger partial charge in [-0.3, -0.25) is 5.32 Å². The van der Waals surface area contributed by atoms with Gasteiger partial charge in [-0.05, 0) is 50.7 Å². The Morgan fingerprint density at radius 3 is 2.77 bits per heavy atom. The molecule has 0 atom stereocenters. The summed E-state index contributed by atoms with van der Waals surface area (Å²) in [6.07, 6.45) is -1.21. The molecule has 6 heteroatoms. The van der Waals surface area contributed by atoms with Crippen molar-refractivity contribution in [3.05, 3.63) is 26.0 Å². The lowest BCUT2D eigenvalue weighted by Crippen LogP contribution is -2.09. The smallest absolute Gasteiger partial charge is 0.409 e. The van der Waals surface area contributed by atoms with Crippen molar-refractivity contribution >= 4 is 50.3 Å². The number of rotatable bonds is 1. The topological polar surface area (TPSA) is 49.3 Å². The van der Waals surface area contributed by atoms with Gasteiger partial charge in [0.25, 0.3) is 0 Å². The van der Waals surface area contributed by atoms with Crippen molar-refractivity contribution in [1.29, 1.82) is 0 Å². The quantitative estimate of drug-likeness (QED) is 0.597. The van der Waals surface area contributed by atoms with Crippen molar-refractivity contribution in [2.45, 2.75) is 0 Å². The van der Waals surface area contributed by atoms with Gasteiger partial charge in [0.05, 0.1) is 13.7 Å². The molecule has 1 rings (SSSR count). The molecule has 0 aliphatic heterocycles. The van der Waals surface area contributed by atoms with E-state index in [4.69, 9.17) is 5.11 Å². The molecule has 0 saturated carbocycles. The molecule has 0 unspecified atom stereocenters. The summed E-state index contributed by atoms with van der Waals surface area (Å²) in [6, 6.07) is 2.94. The predicted molar refractivity (Wildman–Crippen MR) is 58.5 cm³/mol. The Morgan fingerprint density at radius 2 is 2.23 bits per heavy atom. The molecule has 1 aromatic carbocycles. The van der Waals surface area contributed by atoms with Gasteiger partial charge in [-0.15, -0.1) is 0 Å². The number of nitrogens with one attached hydrogen (secondary N) is 1. The average Bonchev–Trinajstić information content (AvgIpc) is 2.06. The fourth-order valence-electron chi connectivity index (χ4n) is 0.738. The first-order chi connectivity index (χ1) is 6.02. The first-order valence-electron chi connectivity index (χ1n) is 3.16. The van der Waals surface area contributed by atoms with Crippen molar-refractivity contribution in [2.75, 3.05) is 5.32 Å². The lowest BCUT2D eigenvalue weighted by Gasteiger charge is -2.05. The first kappa shape index (κ1) is 10.7. The molecule has 0 spiro atoms. The average molecular weight is 360 g/mol. The van der Waals surface area contributed by atoms with Crippen LogP contribution in [0, 0.1) is 9.39 Å². The zero-order valence-corrected chi connectivity index (χ0v) is 9.89. The first-order valence-corrected chi connectivity index (χ1v) is 5.03. The zero-order chi connectivity index (χ0) is 10.0. The van der Waals surface area contributed by atoms with Crippen LogP contribution in [0.5, 0.6) is 0 Å². The standard InChI is InChI=1S/C7H4BrFINO2/c8-3-1-2-4(11-7(12)13)6(10)5(3)9/h1-2,11H,(H,12,13). The maximum atomic E-state index is 13.2. The Hall–Kier alpha value is -0.370. The maximum absolute atomic E-state index is 13.2. The van der Waals surface area contributed by atoms with Crippen LogP contribution in [0.2, 0.25) is 0 Å². The van der Waals surface area contributed by atoms with E-state index in [1.165, 1.54) is 12.1 Å². The van der Waals surface area contributed by atoms with Gasteiger partial charge >= 0.3 is 6.09 Å². The number of halogens is 3. The highest BCUT2D eigenvalue weighted by Crippen LogP contribution is 2.27. The van der Waals surface area contributed by atoms with Gasteiger partial charge in [-0.2, -0.15) is 0 Å². The fourth-order valence-corrected chi connectivity index (χ4v) is 2.04. The van der Waals surface area contributed by atoms with E-state index in [0.717, 1.165) is 0 Å². The molecule has 70 valence electrons. The number of hydrogen-bond acceptors (Lipinski definition) is 1. The Morgan fingerprint density at radius 1 is 1.62 bits per heavy atom. The van der Waals surface area contributed by atoms with Crippen LogP contribution >= 0.6 is 38.5 Å². The highest BCUT2D eigenvalue weighted by Gasteiger charge is 2.10. The molecular weight excluding hydrogens is 356 g/mol. The van der Waals surface area contributed by atoms with Crippen LogP contribution in [0.4, 0.5) is 14.9 Å². The van der Waals surface area contributed by atoms with Crippen LogP contribution in [0.1, 0.15) is 0 Å². The maximum Gasteiger partial charge on any atom is 0.409 e. The van der Waals surface area contributed by atoms with Gasteiger partial charge in [0.1, 0.15) is 0 Å². The van der Waals surface area contributed by atoms with E-state index in [9.17, 15) is 9.18 Å². The number of anilines is 1. The molecule has 13 heavy (non-hydrogen) atoms. The minimum atomic E-state index is -1.21. The molecule has 0 fully saturated rings. The van der Waals surface area contributed by atoms with Gasteiger partial charge in [0.2, 0.25) is 0 Å². The van der Waals surface area contributed by atoms with Crippen LogP contribution in [0.3, 0.4) is 0 Å². The zero-order valence-electron chi connectivity index (χ0n) is 6.14. The largest absolute Gasteiger partial charge is 0.465 e. The van der Waals surface area contributed by atoms with E-state index in [1.807, 2.05) is 0 Å². The normalized spacial score (nSPS) is 9.77. The summed E-state index contributed by atoms with van der Waals surface area (Å²) in [5.41, 5.74) is 0.244. The third-order valence-electron chi connectivity index (χ3n) is 1.28. The summed E-state index contributed by atoms with van der Waals surface area (Å²) in [5.74, 6) is -0.466. The van der Waals surface area contributed by atoms with Crippen molar-refractivity contribution in [3.63, 3.8) is 0 Å². The van der Waals surface area contributed by atoms with Crippen molar-refractivity contribution in [2.24, 2.45) is 0 Å². The van der Waals surface area contributed by atoms with Gasteiger partial charge in [0.15, 0.2) is 5.82 Å². The molecule has 0 aliphatic carbocycles. The van der Waals surface area contributed by atoms with Gasteiger partial charge in [-0.25, -0.2) is 9.18 Å². The molecule has 0 aromatic heterocycles. The summed E-state index contributed by atoms with van der Waals surface area (Å²) in [7, 11) is 0. The van der Waals surface area contributed by atoms with Crippen molar-refractivity contribution in [3.8, 4) is 0 Å². The molecule has 0 heterocycles. The predicted octanol–water partition coefficient (Wildman–Crippen LogP) is 3.28. The summed E-state index contributed by atoms with van der Waals surface area (Å²) >= 11 is 4.72. The van der Waals surface area contributed by atoms with E-state index < -0.39 is 11.9 Å². The Bertz CT molecular complexity index is 359. The number of benzene rings is 1.